The predicted octanol–water partition coefficient (Wildman–Crippen LogP) is 3.64. The van der Waals surface area contributed by atoms with Crippen molar-refractivity contribution in [2.45, 2.75) is 51.0 Å². The molecule has 1 aliphatic rings. The summed E-state index contributed by atoms with van der Waals surface area (Å²) in [5.41, 5.74) is 1.30. The van der Waals surface area contributed by atoms with Crippen molar-refractivity contribution in [3.8, 4) is 0 Å². The number of fused-ring (bicyclic) bond motifs is 1. The maximum Gasteiger partial charge on any atom is 0.341 e. The van der Waals surface area contributed by atoms with Gasteiger partial charge >= 0.3 is 11.9 Å². The molecule has 0 saturated carbocycles. The van der Waals surface area contributed by atoms with Crippen LogP contribution in [0, 0.1) is 5.92 Å². The molecule has 1 aromatic carbocycles. The fourth-order valence-corrected chi connectivity index (χ4v) is 5.68. The van der Waals surface area contributed by atoms with Gasteiger partial charge in [-0.15, -0.1) is 11.3 Å². The van der Waals surface area contributed by atoms with Crippen molar-refractivity contribution in [3.63, 3.8) is 0 Å². The van der Waals surface area contributed by atoms with Gasteiger partial charge in [0.2, 0.25) is 0 Å². The van der Waals surface area contributed by atoms with E-state index >= 15 is 0 Å². The first kappa shape index (κ1) is 24.9. The van der Waals surface area contributed by atoms with E-state index in [1.54, 1.807) is 6.92 Å². The van der Waals surface area contributed by atoms with Crippen molar-refractivity contribution in [1.82, 2.24) is 0 Å². The molecular weight excluding hydrogens is 466 g/mol. The summed E-state index contributed by atoms with van der Waals surface area (Å²) in [7, 11) is -3.50. The third-order valence-electron chi connectivity index (χ3n) is 5.38. The molecule has 0 bridgehead atoms. The molecular formula is C23H27NO7S2. The lowest BCUT2D eigenvalue weighted by molar-refractivity contribution is -0.123. The second-order valence-electron chi connectivity index (χ2n) is 8.11. The molecule has 178 valence electrons. The van der Waals surface area contributed by atoms with Gasteiger partial charge < -0.3 is 14.8 Å². The maximum absolute atomic E-state index is 12.8. The van der Waals surface area contributed by atoms with Crippen LogP contribution in [0.1, 0.15) is 58.3 Å². The molecule has 0 aliphatic heterocycles. The minimum Gasteiger partial charge on any atom is -0.462 e. The Morgan fingerprint density at radius 2 is 1.97 bits per heavy atom. The number of carbonyl (C=O) groups is 3. The van der Waals surface area contributed by atoms with Crippen molar-refractivity contribution < 1.29 is 32.3 Å². The average Bonchev–Trinajstić information content (AvgIpc) is 3.10. The predicted molar refractivity (Wildman–Crippen MR) is 125 cm³/mol. The fraction of sp³-hybridized carbons (Fsp3) is 0.435. The van der Waals surface area contributed by atoms with Gasteiger partial charge in [0.25, 0.3) is 5.91 Å². The number of anilines is 1. The number of rotatable bonds is 7. The molecule has 1 N–H and O–H groups in total. The Morgan fingerprint density at radius 1 is 1.24 bits per heavy atom. The molecule has 1 heterocycles. The first-order chi connectivity index (χ1) is 15.5. The summed E-state index contributed by atoms with van der Waals surface area (Å²) in [4.78, 5) is 38.9. The number of amides is 1. The molecule has 1 aromatic heterocycles. The molecule has 0 unspecified atom stereocenters. The van der Waals surface area contributed by atoms with Gasteiger partial charge in [-0.2, -0.15) is 0 Å². The number of sulfone groups is 1. The van der Waals surface area contributed by atoms with E-state index in [-0.39, 0.29) is 17.1 Å². The third kappa shape index (κ3) is 5.80. The number of esters is 2. The van der Waals surface area contributed by atoms with E-state index in [1.807, 2.05) is 0 Å². The minimum absolute atomic E-state index is 0.0189. The first-order valence-electron chi connectivity index (χ1n) is 10.6. The summed E-state index contributed by atoms with van der Waals surface area (Å²) in [6, 6.07) is 5.42. The normalized spacial score (nSPS) is 16.4. The Morgan fingerprint density at radius 3 is 2.64 bits per heavy atom. The molecule has 2 atom stereocenters. The number of hydrogen-bond acceptors (Lipinski definition) is 8. The molecule has 0 spiro atoms. The number of carbonyl (C=O) groups excluding carboxylic acids is 3. The van der Waals surface area contributed by atoms with E-state index in [0.29, 0.717) is 16.5 Å². The summed E-state index contributed by atoms with van der Waals surface area (Å²) >= 11 is 1.35. The summed E-state index contributed by atoms with van der Waals surface area (Å²) in [5.74, 6) is -1.42. The van der Waals surface area contributed by atoms with Gasteiger partial charge in [-0.3, -0.25) is 4.79 Å². The van der Waals surface area contributed by atoms with Crippen LogP contribution in [0.25, 0.3) is 0 Å². The second kappa shape index (κ2) is 10.0. The van der Waals surface area contributed by atoms with Crippen LogP contribution in [0.3, 0.4) is 0 Å². The molecule has 1 aliphatic carbocycles. The smallest absolute Gasteiger partial charge is 0.341 e. The van der Waals surface area contributed by atoms with Crippen LogP contribution in [-0.2, 0) is 36.9 Å². The van der Waals surface area contributed by atoms with Gasteiger partial charge in [-0.05, 0) is 62.8 Å². The lowest BCUT2D eigenvalue weighted by Crippen LogP contribution is -2.30. The van der Waals surface area contributed by atoms with Gasteiger partial charge in [0.1, 0.15) is 5.00 Å². The van der Waals surface area contributed by atoms with Crippen LogP contribution in [0.5, 0.6) is 0 Å². The zero-order valence-corrected chi connectivity index (χ0v) is 20.6. The van der Waals surface area contributed by atoms with E-state index in [0.717, 1.165) is 36.0 Å². The largest absolute Gasteiger partial charge is 0.462 e. The first-order valence-corrected chi connectivity index (χ1v) is 13.4. The van der Waals surface area contributed by atoms with Crippen molar-refractivity contribution in [1.29, 1.82) is 0 Å². The third-order valence-corrected chi connectivity index (χ3v) is 7.66. The molecule has 3 rings (SSSR count). The van der Waals surface area contributed by atoms with Crippen LogP contribution >= 0.6 is 11.3 Å². The van der Waals surface area contributed by atoms with Crippen molar-refractivity contribution in [3.05, 3.63) is 45.8 Å². The van der Waals surface area contributed by atoms with Gasteiger partial charge in [0.05, 0.1) is 22.6 Å². The number of nitrogens with one attached hydrogen (secondary N) is 1. The van der Waals surface area contributed by atoms with E-state index in [4.69, 9.17) is 9.47 Å². The van der Waals surface area contributed by atoms with Crippen molar-refractivity contribution in [2.75, 3.05) is 18.2 Å². The Hall–Kier alpha value is -2.72. The highest BCUT2D eigenvalue weighted by Gasteiger charge is 2.30. The molecule has 33 heavy (non-hydrogen) atoms. The fourth-order valence-electron chi connectivity index (χ4n) is 3.61. The molecule has 2 aromatic rings. The van der Waals surface area contributed by atoms with Gasteiger partial charge in [0.15, 0.2) is 15.9 Å². The molecule has 0 fully saturated rings. The average molecular weight is 494 g/mol. The summed E-state index contributed by atoms with van der Waals surface area (Å²) in [6.07, 6.45) is 2.37. The van der Waals surface area contributed by atoms with Gasteiger partial charge in [-0.25, -0.2) is 18.0 Å². The summed E-state index contributed by atoms with van der Waals surface area (Å²) in [5, 5.41) is 3.11. The number of hydrogen-bond donors (Lipinski definition) is 1. The number of benzene rings is 1. The topological polar surface area (TPSA) is 116 Å². The van der Waals surface area contributed by atoms with Crippen LogP contribution in [0.15, 0.2) is 29.2 Å². The number of ether oxygens (including phenoxy) is 2. The maximum atomic E-state index is 12.8. The van der Waals surface area contributed by atoms with Gasteiger partial charge in [-0.1, -0.05) is 13.0 Å². The SMILES string of the molecule is CCOC(=O)c1c(NC(=O)[C@H](C)OC(=O)c2cccc(S(C)(=O)=O)c2)sc2c1CC[C@H](C)C2. The summed E-state index contributed by atoms with van der Waals surface area (Å²) in [6.45, 7) is 5.49. The lowest BCUT2D eigenvalue weighted by atomic mass is 9.88. The van der Waals surface area contributed by atoms with E-state index in [9.17, 15) is 22.8 Å². The second-order valence-corrected chi connectivity index (χ2v) is 11.2. The highest BCUT2D eigenvalue weighted by Crippen LogP contribution is 2.40. The van der Waals surface area contributed by atoms with E-state index in [2.05, 4.69) is 12.2 Å². The Labute approximate surface area is 197 Å². The van der Waals surface area contributed by atoms with E-state index < -0.39 is 33.8 Å². The lowest BCUT2D eigenvalue weighted by Gasteiger charge is -2.18. The van der Waals surface area contributed by atoms with E-state index in [1.165, 1.54) is 42.5 Å². The highest BCUT2D eigenvalue weighted by atomic mass is 32.2. The van der Waals surface area contributed by atoms with Crippen LogP contribution in [-0.4, -0.2) is 45.2 Å². The Bertz CT molecular complexity index is 1180. The standard InChI is InChI=1S/C23H27NO7S2/c1-5-30-23(27)19-17-10-9-13(2)11-18(17)32-21(19)24-20(25)14(3)31-22(26)15-7-6-8-16(12-15)33(4,28)29/h6-8,12-14H,5,9-11H2,1-4H3,(H,24,25)/t13-,14-/m0/s1. The molecule has 8 nitrogen and oxygen atoms in total. The molecule has 0 saturated heterocycles. The number of thiophene rings is 1. The minimum atomic E-state index is -3.50. The molecule has 1 amide bonds. The highest BCUT2D eigenvalue weighted by molar-refractivity contribution is 7.90. The zero-order chi connectivity index (χ0) is 24.3. The quantitative estimate of drug-likeness (QED) is 0.586. The molecule has 10 heteroatoms. The Balaban J connectivity index is 1.77. The summed E-state index contributed by atoms with van der Waals surface area (Å²) < 4.78 is 33.9. The van der Waals surface area contributed by atoms with Crippen LogP contribution < -0.4 is 5.32 Å². The Kier molecular flexibility index (Phi) is 7.58. The monoisotopic (exact) mass is 493 g/mol. The van der Waals surface area contributed by atoms with Crippen molar-refractivity contribution >= 4 is 44.0 Å². The van der Waals surface area contributed by atoms with Gasteiger partial charge in [0, 0.05) is 11.1 Å². The molecule has 0 radical (unpaired) electrons. The van der Waals surface area contributed by atoms with Crippen molar-refractivity contribution in [2.24, 2.45) is 5.92 Å². The zero-order valence-electron chi connectivity index (χ0n) is 19.0. The van der Waals surface area contributed by atoms with Crippen LogP contribution in [0.2, 0.25) is 0 Å². The van der Waals surface area contributed by atoms with Crippen LogP contribution in [0.4, 0.5) is 5.00 Å².